The number of benzene rings is 1. The van der Waals surface area contributed by atoms with Crippen molar-refractivity contribution in [3.05, 3.63) is 39.1 Å². The van der Waals surface area contributed by atoms with E-state index in [0.29, 0.717) is 5.69 Å². The van der Waals surface area contributed by atoms with Gasteiger partial charge in [-0.3, -0.25) is 0 Å². The molecule has 0 atom stereocenters. The van der Waals surface area contributed by atoms with Crippen LogP contribution in [0, 0.1) is 20.8 Å². The van der Waals surface area contributed by atoms with E-state index in [9.17, 15) is 4.79 Å². The fraction of sp³-hybridized carbons (Fsp3) is 0.214. The number of aromatic carboxylic acids is 1. The van der Waals surface area contributed by atoms with Crippen LogP contribution in [0.25, 0.3) is 11.1 Å². The molecular weight excluding hydrogens is 246 g/mol. The fourth-order valence-corrected chi connectivity index (χ4v) is 2.99. The molecule has 94 valence electrons. The van der Waals surface area contributed by atoms with Crippen LogP contribution in [0.4, 0.5) is 5.69 Å². The predicted molar refractivity (Wildman–Crippen MR) is 75.3 cm³/mol. The Morgan fingerprint density at radius 3 is 2.50 bits per heavy atom. The molecule has 0 saturated heterocycles. The molecule has 0 bridgehead atoms. The molecule has 2 aromatic rings. The van der Waals surface area contributed by atoms with Crippen molar-refractivity contribution in [2.24, 2.45) is 0 Å². The molecule has 4 heteroatoms. The lowest BCUT2D eigenvalue weighted by molar-refractivity contribution is 0.0703. The first-order valence-corrected chi connectivity index (χ1v) is 6.43. The summed E-state index contributed by atoms with van der Waals surface area (Å²) in [5, 5.41) is 9.10. The maximum atomic E-state index is 11.1. The van der Waals surface area contributed by atoms with Gasteiger partial charge >= 0.3 is 5.97 Å². The van der Waals surface area contributed by atoms with E-state index in [0.717, 1.165) is 27.1 Å². The van der Waals surface area contributed by atoms with Crippen molar-refractivity contribution in [3.63, 3.8) is 0 Å². The number of hydrogen-bond acceptors (Lipinski definition) is 3. The first-order chi connectivity index (χ1) is 8.41. The van der Waals surface area contributed by atoms with Crippen LogP contribution in [0.3, 0.4) is 0 Å². The van der Waals surface area contributed by atoms with Gasteiger partial charge < -0.3 is 10.8 Å². The van der Waals surface area contributed by atoms with E-state index < -0.39 is 5.97 Å². The Hall–Kier alpha value is -1.81. The van der Waals surface area contributed by atoms with Crippen molar-refractivity contribution in [1.82, 2.24) is 0 Å². The van der Waals surface area contributed by atoms with Crippen molar-refractivity contribution >= 4 is 23.0 Å². The van der Waals surface area contributed by atoms with E-state index in [4.69, 9.17) is 10.8 Å². The van der Waals surface area contributed by atoms with Crippen molar-refractivity contribution in [3.8, 4) is 11.1 Å². The maximum absolute atomic E-state index is 11.1. The van der Waals surface area contributed by atoms with Gasteiger partial charge in [0.1, 0.15) is 4.88 Å². The van der Waals surface area contributed by atoms with Crippen molar-refractivity contribution in [2.45, 2.75) is 20.8 Å². The van der Waals surface area contributed by atoms with Gasteiger partial charge in [0.25, 0.3) is 0 Å². The summed E-state index contributed by atoms with van der Waals surface area (Å²) in [6.07, 6.45) is 0. The van der Waals surface area contributed by atoms with Crippen molar-refractivity contribution in [2.75, 3.05) is 5.73 Å². The molecule has 0 fully saturated rings. The highest BCUT2D eigenvalue weighted by molar-refractivity contribution is 7.15. The Bertz CT molecular complexity index is 629. The SMILES string of the molecule is Cc1ccc(C)c(-c2c(C)sc(C(=O)O)c2N)c1. The van der Waals surface area contributed by atoms with Crippen LogP contribution in [0.15, 0.2) is 18.2 Å². The molecule has 1 aromatic heterocycles. The summed E-state index contributed by atoms with van der Waals surface area (Å²) >= 11 is 1.23. The highest BCUT2D eigenvalue weighted by Crippen LogP contribution is 2.40. The van der Waals surface area contributed by atoms with E-state index in [1.165, 1.54) is 11.3 Å². The summed E-state index contributed by atoms with van der Waals surface area (Å²) < 4.78 is 0. The van der Waals surface area contributed by atoms with Crippen LogP contribution >= 0.6 is 11.3 Å². The number of carboxylic acid groups (broad SMARTS) is 1. The third-order valence-corrected chi connectivity index (χ3v) is 4.09. The number of anilines is 1. The molecule has 18 heavy (non-hydrogen) atoms. The van der Waals surface area contributed by atoms with Gasteiger partial charge in [0.2, 0.25) is 0 Å². The van der Waals surface area contributed by atoms with E-state index in [1.807, 2.05) is 39.0 Å². The zero-order chi connectivity index (χ0) is 13.4. The minimum Gasteiger partial charge on any atom is -0.477 e. The molecule has 0 spiro atoms. The molecule has 2 rings (SSSR count). The van der Waals surface area contributed by atoms with Gasteiger partial charge in [0, 0.05) is 10.4 Å². The van der Waals surface area contributed by atoms with Gasteiger partial charge in [-0.25, -0.2) is 4.79 Å². The Morgan fingerprint density at radius 2 is 1.94 bits per heavy atom. The number of nitrogens with two attached hydrogens (primary N) is 1. The molecule has 0 aliphatic rings. The largest absolute Gasteiger partial charge is 0.477 e. The number of hydrogen-bond donors (Lipinski definition) is 2. The number of thiophene rings is 1. The number of aryl methyl sites for hydroxylation is 3. The van der Waals surface area contributed by atoms with Crippen LogP contribution in [0.5, 0.6) is 0 Å². The number of rotatable bonds is 2. The number of carboxylic acids is 1. The molecular formula is C14H15NO2S. The second-order valence-electron chi connectivity index (χ2n) is 4.40. The maximum Gasteiger partial charge on any atom is 0.348 e. The summed E-state index contributed by atoms with van der Waals surface area (Å²) in [7, 11) is 0. The van der Waals surface area contributed by atoms with Crippen LogP contribution in [-0.2, 0) is 0 Å². The van der Waals surface area contributed by atoms with Gasteiger partial charge in [0.05, 0.1) is 5.69 Å². The summed E-state index contributed by atoms with van der Waals surface area (Å²) in [6.45, 7) is 5.93. The molecule has 0 aliphatic heterocycles. The van der Waals surface area contributed by atoms with Crippen LogP contribution < -0.4 is 5.73 Å². The van der Waals surface area contributed by atoms with E-state index in [-0.39, 0.29) is 4.88 Å². The van der Waals surface area contributed by atoms with Crippen LogP contribution in [0.2, 0.25) is 0 Å². The average molecular weight is 261 g/mol. The Labute approximate surface area is 110 Å². The van der Waals surface area contributed by atoms with Crippen LogP contribution in [-0.4, -0.2) is 11.1 Å². The van der Waals surface area contributed by atoms with Gasteiger partial charge in [0.15, 0.2) is 0 Å². The second-order valence-corrected chi connectivity index (χ2v) is 5.62. The molecule has 0 radical (unpaired) electrons. The monoisotopic (exact) mass is 261 g/mol. The lowest BCUT2D eigenvalue weighted by Crippen LogP contribution is -1.98. The molecule has 3 nitrogen and oxygen atoms in total. The minimum atomic E-state index is -0.961. The lowest BCUT2D eigenvalue weighted by atomic mass is 9.97. The standard InChI is InChI=1S/C14H15NO2S/c1-7-4-5-8(2)10(6-7)11-9(3)18-13(12(11)15)14(16)17/h4-6H,15H2,1-3H3,(H,16,17). The molecule has 3 N–H and O–H groups in total. The average Bonchev–Trinajstić information content (AvgIpc) is 2.58. The predicted octanol–water partition coefficient (Wildman–Crippen LogP) is 3.62. The highest BCUT2D eigenvalue weighted by Gasteiger charge is 2.20. The topological polar surface area (TPSA) is 63.3 Å². The number of nitrogen functional groups attached to an aromatic ring is 1. The Balaban J connectivity index is 2.71. The van der Waals surface area contributed by atoms with Crippen LogP contribution in [0.1, 0.15) is 25.7 Å². The van der Waals surface area contributed by atoms with E-state index >= 15 is 0 Å². The Morgan fingerprint density at radius 1 is 1.28 bits per heavy atom. The minimum absolute atomic E-state index is 0.225. The zero-order valence-corrected chi connectivity index (χ0v) is 11.4. The Kier molecular flexibility index (Phi) is 3.13. The quantitative estimate of drug-likeness (QED) is 0.867. The van der Waals surface area contributed by atoms with E-state index in [2.05, 4.69) is 0 Å². The molecule has 0 amide bonds. The normalized spacial score (nSPS) is 10.6. The first-order valence-electron chi connectivity index (χ1n) is 5.61. The van der Waals surface area contributed by atoms with E-state index in [1.54, 1.807) is 0 Å². The van der Waals surface area contributed by atoms with Crippen molar-refractivity contribution < 1.29 is 9.90 Å². The third kappa shape index (κ3) is 1.99. The van der Waals surface area contributed by atoms with Gasteiger partial charge in [-0.2, -0.15) is 0 Å². The molecule has 0 aliphatic carbocycles. The summed E-state index contributed by atoms with van der Waals surface area (Å²) in [4.78, 5) is 12.3. The number of carbonyl (C=O) groups is 1. The molecule has 1 heterocycles. The van der Waals surface area contributed by atoms with Gasteiger partial charge in [-0.05, 0) is 31.9 Å². The summed E-state index contributed by atoms with van der Waals surface area (Å²) in [5.41, 5.74) is 10.5. The zero-order valence-electron chi connectivity index (χ0n) is 10.6. The third-order valence-electron chi connectivity index (χ3n) is 2.98. The van der Waals surface area contributed by atoms with Gasteiger partial charge in [-0.1, -0.05) is 23.8 Å². The van der Waals surface area contributed by atoms with Crippen molar-refractivity contribution in [1.29, 1.82) is 0 Å². The van der Waals surface area contributed by atoms with Gasteiger partial charge in [-0.15, -0.1) is 11.3 Å². The lowest BCUT2D eigenvalue weighted by Gasteiger charge is -2.08. The highest BCUT2D eigenvalue weighted by atomic mass is 32.1. The molecule has 1 aromatic carbocycles. The summed E-state index contributed by atoms with van der Waals surface area (Å²) in [5.74, 6) is -0.961. The molecule has 0 unspecified atom stereocenters. The summed E-state index contributed by atoms with van der Waals surface area (Å²) in [6, 6.07) is 6.11. The molecule has 0 saturated carbocycles. The smallest absolute Gasteiger partial charge is 0.348 e. The second kappa shape index (κ2) is 4.46. The fourth-order valence-electron chi connectivity index (χ4n) is 2.06. The first kappa shape index (κ1) is 12.6.